The summed E-state index contributed by atoms with van der Waals surface area (Å²) in [7, 11) is 0. The van der Waals surface area contributed by atoms with Crippen LogP contribution in [0, 0.1) is 0 Å². The fourth-order valence-corrected chi connectivity index (χ4v) is 2.86. The fourth-order valence-electron chi connectivity index (χ4n) is 2.86. The van der Waals surface area contributed by atoms with Crippen LogP contribution in [0.25, 0.3) is 0 Å². The van der Waals surface area contributed by atoms with E-state index in [2.05, 4.69) is 24.4 Å². The standard InChI is InChI=1S/C14H19NO/c1-2-15-13-9-16-14-8-11-6-4-3-5-10(11)7-12(13)14/h7-8,13,15H,2-6,9H2,1H3. The Morgan fingerprint density at radius 1 is 1.25 bits per heavy atom. The zero-order valence-electron chi connectivity index (χ0n) is 9.88. The molecule has 0 amide bonds. The first-order chi connectivity index (χ1) is 7.88. The molecular weight excluding hydrogens is 198 g/mol. The summed E-state index contributed by atoms with van der Waals surface area (Å²) in [6.07, 6.45) is 5.17. The lowest BCUT2D eigenvalue weighted by atomic mass is 9.89. The zero-order chi connectivity index (χ0) is 11.0. The van der Waals surface area contributed by atoms with E-state index in [1.54, 1.807) is 5.56 Å². The van der Waals surface area contributed by atoms with E-state index in [0.717, 1.165) is 18.9 Å². The number of likely N-dealkylation sites (N-methyl/N-ethyl adjacent to an activating group) is 1. The van der Waals surface area contributed by atoms with Gasteiger partial charge in [0, 0.05) is 5.56 Å². The molecule has 1 aliphatic heterocycles. The molecule has 0 fully saturated rings. The number of ether oxygens (including phenoxy) is 1. The number of aryl methyl sites for hydroxylation is 2. The maximum Gasteiger partial charge on any atom is 0.124 e. The Morgan fingerprint density at radius 2 is 2.00 bits per heavy atom. The van der Waals surface area contributed by atoms with Gasteiger partial charge in [-0.15, -0.1) is 0 Å². The van der Waals surface area contributed by atoms with E-state index in [1.165, 1.54) is 36.8 Å². The predicted octanol–water partition coefficient (Wildman–Crippen LogP) is 2.61. The van der Waals surface area contributed by atoms with Crippen LogP contribution in [0.2, 0.25) is 0 Å². The summed E-state index contributed by atoms with van der Waals surface area (Å²) in [4.78, 5) is 0. The molecule has 1 atom stereocenters. The lowest BCUT2D eigenvalue weighted by Gasteiger charge is -2.17. The monoisotopic (exact) mass is 217 g/mol. The quantitative estimate of drug-likeness (QED) is 0.822. The number of benzene rings is 1. The van der Waals surface area contributed by atoms with Crippen molar-refractivity contribution in [2.45, 2.75) is 38.6 Å². The first kappa shape index (κ1) is 10.2. The SMILES string of the molecule is CCNC1COc2cc3c(cc21)CCCC3. The summed E-state index contributed by atoms with van der Waals surface area (Å²) in [5.74, 6) is 1.12. The Bertz CT molecular complexity index is 400. The van der Waals surface area contributed by atoms with Gasteiger partial charge in [0.1, 0.15) is 12.4 Å². The molecule has 0 spiro atoms. The molecule has 1 unspecified atom stereocenters. The minimum atomic E-state index is 0.409. The van der Waals surface area contributed by atoms with Gasteiger partial charge in [-0.1, -0.05) is 13.0 Å². The minimum Gasteiger partial charge on any atom is -0.491 e. The van der Waals surface area contributed by atoms with Gasteiger partial charge in [0.05, 0.1) is 6.04 Å². The molecule has 0 radical (unpaired) electrons. The van der Waals surface area contributed by atoms with Crippen LogP contribution >= 0.6 is 0 Å². The van der Waals surface area contributed by atoms with E-state index in [1.807, 2.05) is 0 Å². The molecule has 1 heterocycles. The average Bonchev–Trinajstić information content (AvgIpc) is 2.70. The molecule has 0 aromatic heterocycles. The van der Waals surface area contributed by atoms with Crippen LogP contribution in [-0.4, -0.2) is 13.2 Å². The van der Waals surface area contributed by atoms with E-state index in [9.17, 15) is 0 Å². The van der Waals surface area contributed by atoms with Crippen LogP contribution in [0.3, 0.4) is 0 Å². The lowest BCUT2D eigenvalue weighted by Crippen LogP contribution is -2.21. The lowest BCUT2D eigenvalue weighted by molar-refractivity contribution is 0.313. The second kappa shape index (κ2) is 4.10. The average molecular weight is 217 g/mol. The molecule has 0 bridgehead atoms. The predicted molar refractivity (Wildman–Crippen MR) is 65.0 cm³/mol. The van der Waals surface area contributed by atoms with E-state index < -0.39 is 0 Å². The summed E-state index contributed by atoms with van der Waals surface area (Å²) in [6, 6.07) is 5.07. The van der Waals surface area contributed by atoms with Crippen LogP contribution in [0.5, 0.6) is 5.75 Å². The van der Waals surface area contributed by atoms with Gasteiger partial charge >= 0.3 is 0 Å². The Morgan fingerprint density at radius 3 is 2.75 bits per heavy atom. The highest BCUT2D eigenvalue weighted by molar-refractivity contribution is 5.47. The highest BCUT2D eigenvalue weighted by Gasteiger charge is 2.25. The van der Waals surface area contributed by atoms with Crippen molar-refractivity contribution in [3.63, 3.8) is 0 Å². The molecule has 2 aliphatic rings. The van der Waals surface area contributed by atoms with Crippen molar-refractivity contribution in [2.24, 2.45) is 0 Å². The zero-order valence-corrected chi connectivity index (χ0v) is 9.88. The maximum absolute atomic E-state index is 5.77. The van der Waals surface area contributed by atoms with Crippen LogP contribution in [0.4, 0.5) is 0 Å². The number of hydrogen-bond acceptors (Lipinski definition) is 2. The molecule has 1 aromatic carbocycles. The molecule has 1 aromatic rings. The van der Waals surface area contributed by atoms with Crippen LogP contribution in [0.1, 0.15) is 42.5 Å². The van der Waals surface area contributed by atoms with Crippen molar-refractivity contribution in [2.75, 3.05) is 13.2 Å². The summed E-state index contributed by atoms with van der Waals surface area (Å²) in [5.41, 5.74) is 4.45. The van der Waals surface area contributed by atoms with Crippen LogP contribution < -0.4 is 10.1 Å². The number of nitrogens with one attached hydrogen (secondary N) is 1. The van der Waals surface area contributed by atoms with Crippen molar-refractivity contribution in [3.05, 3.63) is 28.8 Å². The van der Waals surface area contributed by atoms with Gasteiger partial charge in [-0.2, -0.15) is 0 Å². The molecular formula is C14H19NO. The number of hydrogen-bond donors (Lipinski definition) is 1. The number of fused-ring (bicyclic) bond motifs is 2. The van der Waals surface area contributed by atoms with Crippen LogP contribution in [-0.2, 0) is 12.8 Å². The Balaban J connectivity index is 1.97. The highest BCUT2D eigenvalue weighted by atomic mass is 16.5. The molecule has 1 N–H and O–H groups in total. The molecule has 0 saturated heterocycles. The van der Waals surface area contributed by atoms with Crippen molar-refractivity contribution < 1.29 is 4.74 Å². The Kier molecular flexibility index (Phi) is 2.60. The van der Waals surface area contributed by atoms with Gasteiger partial charge < -0.3 is 10.1 Å². The van der Waals surface area contributed by atoms with Crippen molar-refractivity contribution in [1.29, 1.82) is 0 Å². The third kappa shape index (κ3) is 1.61. The van der Waals surface area contributed by atoms with E-state index in [-0.39, 0.29) is 0 Å². The normalized spacial score (nSPS) is 22.4. The Hall–Kier alpha value is -1.02. The number of rotatable bonds is 2. The summed E-state index contributed by atoms with van der Waals surface area (Å²) < 4.78 is 5.77. The molecule has 3 rings (SSSR count). The van der Waals surface area contributed by atoms with Gasteiger partial charge in [-0.05, 0) is 49.4 Å². The van der Waals surface area contributed by atoms with Gasteiger partial charge in [-0.3, -0.25) is 0 Å². The molecule has 1 aliphatic carbocycles. The molecule has 86 valence electrons. The third-order valence-corrected chi connectivity index (χ3v) is 3.71. The largest absolute Gasteiger partial charge is 0.491 e. The first-order valence-corrected chi connectivity index (χ1v) is 6.40. The third-order valence-electron chi connectivity index (χ3n) is 3.71. The molecule has 2 nitrogen and oxygen atoms in total. The second-order valence-electron chi connectivity index (χ2n) is 4.79. The summed E-state index contributed by atoms with van der Waals surface area (Å²) in [5, 5.41) is 3.48. The van der Waals surface area contributed by atoms with E-state index in [0.29, 0.717) is 6.04 Å². The van der Waals surface area contributed by atoms with Gasteiger partial charge in [-0.25, -0.2) is 0 Å². The summed E-state index contributed by atoms with van der Waals surface area (Å²) >= 11 is 0. The molecule has 16 heavy (non-hydrogen) atoms. The van der Waals surface area contributed by atoms with Crippen molar-refractivity contribution >= 4 is 0 Å². The van der Waals surface area contributed by atoms with Crippen molar-refractivity contribution in [3.8, 4) is 5.75 Å². The summed E-state index contributed by atoms with van der Waals surface area (Å²) in [6.45, 7) is 3.95. The molecule has 2 heteroatoms. The van der Waals surface area contributed by atoms with E-state index in [4.69, 9.17) is 4.74 Å². The minimum absolute atomic E-state index is 0.409. The maximum atomic E-state index is 5.77. The van der Waals surface area contributed by atoms with Crippen LogP contribution in [0.15, 0.2) is 12.1 Å². The topological polar surface area (TPSA) is 21.3 Å². The first-order valence-electron chi connectivity index (χ1n) is 6.40. The molecule has 0 saturated carbocycles. The van der Waals surface area contributed by atoms with E-state index >= 15 is 0 Å². The fraction of sp³-hybridized carbons (Fsp3) is 0.571. The highest BCUT2D eigenvalue weighted by Crippen LogP contribution is 2.36. The smallest absolute Gasteiger partial charge is 0.124 e. The van der Waals surface area contributed by atoms with Crippen molar-refractivity contribution in [1.82, 2.24) is 5.32 Å². The van der Waals surface area contributed by atoms with Gasteiger partial charge in [0.25, 0.3) is 0 Å². The second-order valence-corrected chi connectivity index (χ2v) is 4.79. The Labute approximate surface area is 97.0 Å². The van der Waals surface area contributed by atoms with Gasteiger partial charge in [0.15, 0.2) is 0 Å². The van der Waals surface area contributed by atoms with Gasteiger partial charge in [0.2, 0.25) is 0 Å².